The zero-order chi connectivity index (χ0) is 18.6. The van der Waals surface area contributed by atoms with Gasteiger partial charge in [0.15, 0.2) is 5.96 Å². The number of carbonyl (C=O) groups excluding carboxylic acids is 1. The van der Waals surface area contributed by atoms with Crippen molar-refractivity contribution in [3.8, 4) is 0 Å². The maximum absolute atomic E-state index is 11.1. The number of nitrogens with zero attached hydrogens (tertiary/aromatic N) is 1. The van der Waals surface area contributed by atoms with Gasteiger partial charge in [0.1, 0.15) is 0 Å². The van der Waals surface area contributed by atoms with Crippen molar-refractivity contribution in [1.82, 2.24) is 10.6 Å². The Kier molecular flexibility index (Phi) is 7.67. The van der Waals surface area contributed by atoms with Gasteiger partial charge in [-0.25, -0.2) is 0 Å². The van der Waals surface area contributed by atoms with Crippen LogP contribution in [0.25, 0.3) is 0 Å². The van der Waals surface area contributed by atoms with Gasteiger partial charge in [-0.15, -0.1) is 24.0 Å². The normalized spacial score (nSPS) is 14.8. The van der Waals surface area contributed by atoms with Gasteiger partial charge in [0, 0.05) is 35.6 Å². The number of amides is 1. The van der Waals surface area contributed by atoms with Crippen LogP contribution in [-0.2, 0) is 12.0 Å². The Morgan fingerprint density at radius 3 is 2.44 bits per heavy atom. The Morgan fingerprint density at radius 2 is 1.89 bits per heavy atom. The number of halogens is 2. The molecule has 7 heteroatoms. The Bertz CT molecular complexity index is 819. The van der Waals surface area contributed by atoms with Crippen molar-refractivity contribution in [3.05, 3.63) is 69.7 Å². The summed E-state index contributed by atoms with van der Waals surface area (Å²) >= 11 is 3.56. The van der Waals surface area contributed by atoms with Crippen LogP contribution in [0, 0.1) is 0 Å². The van der Waals surface area contributed by atoms with E-state index in [9.17, 15) is 4.79 Å². The van der Waals surface area contributed by atoms with Crippen LogP contribution in [0.3, 0.4) is 0 Å². The molecule has 3 rings (SSSR count). The number of rotatable bonds is 6. The number of nitrogens with two attached hydrogens (primary N) is 1. The smallest absolute Gasteiger partial charge is 0.248 e. The lowest BCUT2D eigenvalue weighted by Crippen LogP contribution is -2.40. The van der Waals surface area contributed by atoms with E-state index in [-0.39, 0.29) is 29.4 Å². The monoisotopic (exact) mass is 542 g/mol. The molecule has 0 aliphatic heterocycles. The van der Waals surface area contributed by atoms with Crippen LogP contribution in [0.2, 0.25) is 0 Å². The summed E-state index contributed by atoms with van der Waals surface area (Å²) in [5, 5.41) is 6.75. The number of benzene rings is 2. The third kappa shape index (κ3) is 5.68. The molecule has 2 aromatic rings. The molecule has 144 valence electrons. The molecule has 5 nitrogen and oxygen atoms in total. The molecule has 1 saturated carbocycles. The molecular formula is C20H24BrIN4O. The van der Waals surface area contributed by atoms with Gasteiger partial charge in [0.25, 0.3) is 0 Å². The van der Waals surface area contributed by atoms with E-state index in [0.29, 0.717) is 12.1 Å². The minimum Gasteiger partial charge on any atom is -0.366 e. The molecule has 4 N–H and O–H groups in total. The lowest BCUT2D eigenvalue weighted by atomic mass is 9.96. The van der Waals surface area contributed by atoms with Crippen molar-refractivity contribution >= 4 is 51.8 Å². The molecule has 0 atom stereocenters. The number of nitrogens with one attached hydrogen (secondary N) is 2. The first-order chi connectivity index (χ1) is 12.5. The van der Waals surface area contributed by atoms with Gasteiger partial charge >= 0.3 is 0 Å². The fourth-order valence-electron chi connectivity index (χ4n) is 2.98. The Balaban J connectivity index is 0.00000261. The van der Waals surface area contributed by atoms with Crippen molar-refractivity contribution in [1.29, 1.82) is 0 Å². The third-order valence-electron chi connectivity index (χ3n) is 4.81. The van der Waals surface area contributed by atoms with Gasteiger partial charge in [0.05, 0.1) is 0 Å². The summed E-state index contributed by atoms with van der Waals surface area (Å²) in [5.41, 5.74) is 8.40. The molecule has 2 aromatic carbocycles. The second-order valence-corrected chi connectivity index (χ2v) is 7.55. The van der Waals surface area contributed by atoms with Crippen molar-refractivity contribution in [3.63, 3.8) is 0 Å². The second kappa shape index (κ2) is 9.54. The number of guanidine groups is 1. The van der Waals surface area contributed by atoms with Crippen LogP contribution in [0.4, 0.5) is 0 Å². The van der Waals surface area contributed by atoms with Crippen molar-refractivity contribution < 1.29 is 4.79 Å². The number of primary amides is 1. The van der Waals surface area contributed by atoms with Crippen LogP contribution in [0.1, 0.15) is 34.3 Å². The SMILES string of the molecule is CN=C(NCc1ccc(C(N)=O)cc1)NCC1(c2cccc(Br)c2)CC1.I. The summed E-state index contributed by atoms with van der Waals surface area (Å²) in [7, 11) is 1.77. The molecular weight excluding hydrogens is 519 g/mol. The standard InChI is InChI=1S/C20H23BrN4O.HI/c1-23-19(24-12-14-5-7-15(8-6-14)18(22)26)25-13-20(9-10-20)16-3-2-4-17(21)11-16;/h2-8,11H,9-10,12-13H2,1H3,(H2,22,26)(H2,23,24,25);1H. The van der Waals surface area contributed by atoms with Gasteiger partial charge in [-0.3, -0.25) is 9.79 Å². The van der Waals surface area contributed by atoms with E-state index in [0.717, 1.165) is 22.5 Å². The molecule has 1 amide bonds. The highest BCUT2D eigenvalue weighted by molar-refractivity contribution is 14.0. The van der Waals surface area contributed by atoms with Gasteiger partial charge in [-0.05, 0) is 48.2 Å². The molecule has 1 aliphatic carbocycles. The molecule has 1 fully saturated rings. The number of hydrogen-bond acceptors (Lipinski definition) is 2. The maximum Gasteiger partial charge on any atom is 0.248 e. The van der Waals surface area contributed by atoms with Crippen molar-refractivity contribution in [2.45, 2.75) is 24.8 Å². The first kappa shape index (κ1) is 21.7. The van der Waals surface area contributed by atoms with E-state index in [1.54, 1.807) is 19.2 Å². The molecule has 0 unspecified atom stereocenters. The topological polar surface area (TPSA) is 79.5 Å². The largest absolute Gasteiger partial charge is 0.366 e. The Hall–Kier alpha value is -1.61. The molecule has 0 bridgehead atoms. The highest BCUT2D eigenvalue weighted by atomic mass is 127. The lowest BCUT2D eigenvalue weighted by molar-refractivity contribution is 0.100. The second-order valence-electron chi connectivity index (χ2n) is 6.63. The van der Waals surface area contributed by atoms with Crippen LogP contribution >= 0.6 is 39.9 Å². The van der Waals surface area contributed by atoms with Crippen LogP contribution in [-0.4, -0.2) is 25.5 Å². The lowest BCUT2D eigenvalue weighted by Gasteiger charge is -2.19. The van der Waals surface area contributed by atoms with Gasteiger partial charge < -0.3 is 16.4 Å². The predicted molar refractivity (Wildman–Crippen MR) is 124 cm³/mol. The summed E-state index contributed by atoms with van der Waals surface area (Å²) in [6, 6.07) is 15.8. The predicted octanol–water partition coefficient (Wildman–Crippen LogP) is 3.56. The van der Waals surface area contributed by atoms with E-state index < -0.39 is 5.91 Å². The zero-order valence-electron chi connectivity index (χ0n) is 15.2. The Morgan fingerprint density at radius 1 is 1.19 bits per heavy atom. The quantitative estimate of drug-likeness (QED) is 0.296. The summed E-state index contributed by atoms with van der Waals surface area (Å²) in [5.74, 6) is 0.356. The van der Waals surface area contributed by atoms with E-state index >= 15 is 0 Å². The highest BCUT2D eigenvalue weighted by Crippen LogP contribution is 2.48. The molecule has 27 heavy (non-hydrogen) atoms. The van der Waals surface area contributed by atoms with Gasteiger partial charge in [-0.1, -0.05) is 40.2 Å². The number of aliphatic imine (C=N–C) groups is 1. The van der Waals surface area contributed by atoms with Crippen LogP contribution in [0.5, 0.6) is 0 Å². The fourth-order valence-corrected chi connectivity index (χ4v) is 3.38. The molecule has 0 radical (unpaired) electrons. The zero-order valence-corrected chi connectivity index (χ0v) is 19.1. The molecule has 0 saturated heterocycles. The molecule has 1 aliphatic rings. The maximum atomic E-state index is 11.1. The van der Waals surface area contributed by atoms with E-state index in [1.807, 2.05) is 12.1 Å². The summed E-state index contributed by atoms with van der Waals surface area (Å²) < 4.78 is 1.11. The van der Waals surface area contributed by atoms with Gasteiger partial charge in [0.2, 0.25) is 5.91 Å². The van der Waals surface area contributed by atoms with Crippen LogP contribution in [0.15, 0.2) is 58.0 Å². The minimum absolute atomic E-state index is 0. The van der Waals surface area contributed by atoms with Crippen molar-refractivity contribution in [2.75, 3.05) is 13.6 Å². The fraction of sp³-hybridized carbons (Fsp3) is 0.300. The van der Waals surface area contributed by atoms with Crippen LogP contribution < -0.4 is 16.4 Å². The van der Waals surface area contributed by atoms with E-state index in [2.05, 4.69) is 55.8 Å². The summed E-state index contributed by atoms with van der Waals surface area (Å²) in [4.78, 5) is 15.4. The third-order valence-corrected chi connectivity index (χ3v) is 5.30. The minimum atomic E-state index is -0.413. The number of carbonyl (C=O) groups is 1. The average Bonchev–Trinajstić information content (AvgIpc) is 3.43. The van der Waals surface area contributed by atoms with E-state index in [4.69, 9.17) is 5.73 Å². The van der Waals surface area contributed by atoms with E-state index in [1.165, 1.54) is 18.4 Å². The van der Waals surface area contributed by atoms with Crippen molar-refractivity contribution in [2.24, 2.45) is 10.7 Å². The first-order valence-electron chi connectivity index (χ1n) is 8.62. The number of hydrogen-bond donors (Lipinski definition) is 3. The van der Waals surface area contributed by atoms with Gasteiger partial charge in [-0.2, -0.15) is 0 Å². The average molecular weight is 543 g/mol. The molecule has 0 heterocycles. The summed E-state index contributed by atoms with van der Waals surface area (Å²) in [6.45, 7) is 1.48. The first-order valence-corrected chi connectivity index (χ1v) is 9.41. The Labute approximate surface area is 185 Å². The molecule has 0 aromatic heterocycles. The molecule has 0 spiro atoms. The highest BCUT2D eigenvalue weighted by Gasteiger charge is 2.44. The summed E-state index contributed by atoms with van der Waals surface area (Å²) in [6.07, 6.45) is 2.37.